The van der Waals surface area contributed by atoms with Gasteiger partial charge in [-0.2, -0.15) is 0 Å². The largest absolute Gasteiger partial charge is 0.355 e. The van der Waals surface area contributed by atoms with E-state index in [1.165, 1.54) is 38.5 Å². The van der Waals surface area contributed by atoms with Crippen molar-refractivity contribution < 1.29 is 4.79 Å². The fourth-order valence-electron chi connectivity index (χ4n) is 2.91. The van der Waals surface area contributed by atoms with Gasteiger partial charge in [0, 0.05) is 6.54 Å². The quantitative estimate of drug-likeness (QED) is 0.814. The Bertz CT molecular complexity index is 223. The molecule has 100 valence electrons. The molecule has 1 unspecified atom stereocenters. The Morgan fingerprint density at radius 3 is 2.53 bits per heavy atom. The van der Waals surface area contributed by atoms with E-state index in [2.05, 4.69) is 10.6 Å². The molecule has 1 aliphatic heterocycles. The first-order valence-corrected chi connectivity index (χ1v) is 6.87. The molecule has 1 atom stereocenters. The first-order chi connectivity index (χ1) is 7.86. The Morgan fingerprint density at radius 2 is 1.88 bits per heavy atom. The molecule has 1 heterocycles. The molecule has 2 aliphatic rings. The zero-order valence-corrected chi connectivity index (χ0v) is 11.4. The monoisotopic (exact) mass is 260 g/mol. The fraction of sp³-hybridized carbons (Fsp3) is 0.923. The summed E-state index contributed by atoms with van der Waals surface area (Å²) in [7, 11) is 0. The van der Waals surface area contributed by atoms with Crippen molar-refractivity contribution in [1.82, 2.24) is 10.6 Å². The summed E-state index contributed by atoms with van der Waals surface area (Å²) in [6, 6.07) is 0.0892. The number of rotatable bonds is 4. The van der Waals surface area contributed by atoms with Gasteiger partial charge in [0.1, 0.15) is 0 Å². The van der Waals surface area contributed by atoms with E-state index in [0.29, 0.717) is 0 Å². The molecule has 1 amide bonds. The summed E-state index contributed by atoms with van der Waals surface area (Å²) in [5.74, 6) is 1.08. The van der Waals surface area contributed by atoms with E-state index in [-0.39, 0.29) is 24.4 Å². The lowest BCUT2D eigenvalue weighted by Gasteiger charge is -2.21. The maximum atomic E-state index is 11.7. The Balaban J connectivity index is 0.00000144. The number of halogens is 1. The Hall–Kier alpha value is -0.280. The molecule has 0 aromatic heterocycles. The smallest absolute Gasteiger partial charge is 0.237 e. The summed E-state index contributed by atoms with van der Waals surface area (Å²) in [6.07, 6.45) is 10.3. The van der Waals surface area contributed by atoms with E-state index in [1.807, 2.05) is 0 Å². The summed E-state index contributed by atoms with van der Waals surface area (Å²) in [5, 5.41) is 6.30. The molecule has 1 saturated heterocycles. The summed E-state index contributed by atoms with van der Waals surface area (Å²) < 4.78 is 0. The van der Waals surface area contributed by atoms with Gasteiger partial charge in [-0.25, -0.2) is 0 Å². The van der Waals surface area contributed by atoms with E-state index in [1.54, 1.807) is 0 Å². The van der Waals surface area contributed by atoms with Crippen LogP contribution in [0.5, 0.6) is 0 Å². The summed E-state index contributed by atoms with van der Waals surface area (Å²) >= 11 is 0. The maximum Gasteiger partial charge on any atom is 0.237 e. The number of nitrogens with one attached hydrogen (secondary N) is 2. The fourth-order valence-corrected chi connectivity index (χ4v) is 2.91. The second-order valence-corrected chi connectivity index (χ2v) is 5.23. The average molecular weight is 261 g/mol. The summed E-state index contributed by atoms with van der Waals surface area (Å²) in [4.78, 5) is 11.7. The highest BCUT2D eigenvalue weighted by Crippen LogP contribution is 2.25. The minimum absolute atomic E-state index is 0. The molecule has 1 aliphatic carbocycles. The second kappa shape index (κ2) is 7.93. The minimum Gasteiger partial charge on any atom is -0.355 e. The van der Waals surface area contributed by atoms with Gasteiger partial charge < -0.3 is 10.6 Å². The number of carbonyl (C=O) groups is 1. The van der Waals surface area contributed by atoms with Gasteiger partial charge >= 0.3 is 0 Å². The van der Waals surface area contributed by atoms with Crippen LogP contribution in [0.25, 0.3) is 0 Å². The molecule has 2 rings (SSSR count). The first-order valence-electron chi connectivity index (χ1n) is 6.87. The Kier molecular flexibility index (Phi) is 6.90. The standard InChI is InChI=1S/C13H24N2O.ClH/c16-13(12-7-4-9-14-12)15-10-8-11-5-2-1-3-6-11;/h11-12,14H,1-10H2,(H,15,16);1H. The van der Waals surface area contributed by atoms with Crippen LogP contribution in [0.15, 0.2) is 0 Å². The van der Waals surface area contributed by atoms with Crippen LogP contribution < -0.4 is 10.6 Å². The van der Waals surface area contributed by atoms with Crippen LogP contribution in [0.3, 0.4) is 0 Å². The van der Waals surface area contributed by atoms with Crippen molar-refractivity contribution in [2.75, 3.05) is 13.1 Å². The van der Waals surface area contributed by atoms with Crippen LogP contribution in [-0.2, 0) is 4.79 Å². The predicted molar refractivity (Wildman–Crippen MR) is 72.5 cm³/mol. The lowest BCUT2D eigenvalue weighted by Crippen LogP contribution is -2.41. The van der Waals surface area contributed by atoms with Crippen LogP contribution in [-0.4, -0.2) is 25.0 Å². The highest BCUT2D eigenvalue weighted by molar-refractivity contribution is 5.85. The Labute approximate surface area is 111 Å². The number of amides is 1. The third kappa shape index (κ3) is 4.84. The molecule has 3 nitrogen and oxygen atoms in total. The first kappa shape index (κ1) is 14.8. The molecule has 0 aromatic rings. The van der Waals surface area contributed by atoms with Crippen molar-refractivity contribution in [3.63, 3.8) is 0 Å². The van der Waals surface area contributed by atoms with Gasteiger partial charge in [-0.1, -0.05) is 32.1 Å². The average Bonchev–Trinajstić information content (AvgIpc) is 2.84. The SMILES string of the molecule is Cl.O=C(NCCC1CCCCC1)C1CCCN1. The highest BCUT2D eigenvalue weighted by Gasteiger charge is 2.21. The van der Waals surface area contributed by atoms with Crippen LogP contribution in [0.4, 0.5) is 0 Å². The van der Waals surface area contributed by atoms with Crippen LogP contribution in [0.2, 0.25) is 0 Å². The molecule has 1 saturated carbocycles. The van der Waals surface area contributed by atoms with Crippen molar-refractivity contribution >= 4 is 18.3 Å². The molecule has 0 radical (unpaired) electrons. The molecule has 4 heteroatoms. The van der Waals surface area contributed by atoms with Gasteiger partial charge in [0.15, 0.2) is 0 Å². The molecule has 2 N–H and O–H groups in total. The van der Waals surface area contributed by atoms with Crippen molar-refractivity contribution in [3.05, 3.63) is 0 Å². The van der Waals surface area contributed by atoms with Gasteiger partial charge in [0.2, 0.25) is 5.91 Å². The van der Waals surface area contributed by atoms with Crippen LogP contribution in [0.1, 0.15) is 51.4 Å². The van der Waals surface area contributed by atoms with E-state index >= 15 is 0 Å². The molecule has 0 bridgehead atoms. The van der Waals surface area contributed by atoms with Crippen LogP contribution >= 0.6 is 12.4 Å². The van der Waals surface area contributed by atoms with Crippen molar-refractivity contribution in [1.29, 1.82) is 0 Å². The van der Waals surface area contributed by atoms with Crippen molar-refractivity contribution in [2.45, 2.75) is 57.4 Å². The minimum atomic E-state index is 0. The predicted octanol–water partition coefficient (Wildman–Crippen LogP) is 2.25. The maximum absolute atomic E-state index is 11.7. The zero-order chi connectivity index (χ0) is 11.2. The van der Waals surface area contributed by atoms with Crippen molar-refractivity contribution in [3.8, 4) is 0 Å². The number of hydrogen-bond acceptors (Lipinski definition) is 2. The summed E-state index contributed by atoms with van der Waals surface area (Å²) in [5.41, 5.74) is 0. The molecule has 0 aromatic carbocycles. The lowest BCUT2D eigenvalue weighted by molar-refractivity contribution is -0.122. The Morgan fingerprint density at radius 1 is 1.12 bits per heavy atom. The van der Waals surface area contributed by atoms with Gasteiger partial charge in [0.25, 0.3) is 0 Å². The molecular weight excluding hydrogens is 236 g/mol. The topological polar surface area (TPSA) is 41.1 Å². The molecular formula is C13H25ClN2O. The van der Waals surface area contributed by atoms with E-state index in [4.69, 9.17) is 0 Å². The van der Waals surface area contributed by atoms with Crippen LogP contribution in [0, 0.1) is 5.92 Å². The third-order valence-electron chi connectivity index (χ3n) is 3.95. The third-order valence-corrected chi connectivity index (χ3v) is 3.95. The second-order valence-electron chi connectivity index (χ2n) is 5.23. The van der Waals surface area contributed by atoms with Gasteiger partial charge in [0.05, 0.1) is 6.04 Å². The normalized spacial score (nSPS) is 25.3. The van der Waals surface area contributed by atoms with Crippen molar-refractivity contribution in [2.24, 2.45) is 5.92 Å². The summed E-state index contributed by atoms with van der Waals surface area (Å²) in [6.45, 7) is 1.88. The van der Waals surface area contributed by atoms with Gasteiger partial charge in [-0.05, 0) is 31.7 Å². The van der Waals surface area contributed by atoms with Gasteiger partial charge in [-0.15, -0.1) is 12.4 Å². The van der Waals surface area contributed by atoms with E-state index in [0.717, 1.165) is 31.8 Å². The highest BCUT2D eigenvalue weighted by atomic mass is 35.5. The molecule has 17 heavy (non-hydrogen) atoms. The van der Waals surface area contributed by atoms with Gasteiger partial charge in [-0.3, -0.25) is 4.79 Å². The number of hydrogen-bond donors (Lipinski definition) is 2. The number of carbonyl (C=O) groups excluding carboxylic acids is 1. The molecule has 2 fully saturated rings. The van der Waals surface area contributed by atoms with E-state index < -0.39 is 0 Å². The van der Waals surface area contributed by atoms with E-state index in [9.17, 15) is 4.79 Å². The molecule has 0 spiro atoms. The lowest BCUT2D eigenvalue weighted by atomic mass is 9.87. The zero-order valence-electron chi connectivity index (χ0n) is 10.5.